The van der Waals surface area contributed by atoms with Gasteiger partial charge in [-0.3, -0.25) is 0 Å². The molecule has 7 aliphatic rings. The second-order valence-electron chi connectivity index (χ2n) is 23.9. The third-order valence-corrected chi connectivity index (χ3v) is 19.1. The zero-order valence-electron chi connectivity index (χ0n) is 45.1. The van der Waals surface area contributed by atoms with Crippen LogP contribution in [0.2, 0.25) is 0 Å². The molecule has 0 aromatic carbocycles. The summed E-state index contributed by atoms with van der Waals surface area (Å²) in [5, 5.41) is 162. The first-order chi connectivity index (χ1) is 36.2. The molecule has 4 unspecified atom stereocenters. The molecule has 4 aliphatic heterocycles. The van der Waals surface area contributed by atoms with Crippen LogP contribution in [0.25, 0.3) is 0 Å². The molecule has 438 valence electrons. The molecule has 7 fully saturated rings. The first-order valence-corrected chi connectivity index (χ1v) is 29.4. The van der Waals surface area contributed by atoms with Crippen molar-refractivity contribution in [1.29, 1.82) is 0 Å². The molecule has 0 radical (unpaired) electrons. The first kappa shape index (κ1) is 61.7. The van der Waals surface area contributed by atoms with Gasteiger partial charge in [-0.1, -0.05) is 46.0 Å². The number of hydrogen-bond acceptors (Lipinski definition) is 22. The van der Waals surface area contributed by atoms with Gasteiger partial charge in [-0.2, -0.15) is 0 Å². The van der Waals surface area contributed by atoms with Crippen LogP contribution >= 0.6 is 0 Å². The highest BCUT2D eigenvalue weighted by Gasteiger charge is 2.65. The molecule has 22 heteroatoms. The van der Waals surface area contributed by atoms with Gasteiger partial charge < -0.3 is 114 Å². The maximum absolute atomic E-state index is 13.1. The maximum atomic E-state index is 13.1. The fraction of sp³-hybridized carbons (Fsp3) is 1.00. The zero-order valence-corrected chi connectivity index (χ0v) is 45.1. The molecule has 21 N–H and O–H groups in total. The van der Waals surface area contributed by atoms with Crippen LogP contribution in [0.5, 0.6) is 0 Å². The van der Waals surface area contributed by atoms with Crippen molar-refractivity contribution in [2.45, 2.75) is 163 Å². The topological polar surface area (TPSA) is 363 Å². The summed E-state index contributed by atoms with van der Waals surface area (Å²) in [7, 11) is 0. The zero-order chi connectivity index (χ0) is 53.8. The number of aliphatic hydroxyl groups is 11. The Balaban J connectivity index is 1.16. The van der Waals surface area contributed by atoms with Crippen LogP contribution in [0.4, 0.5) is 0 Å². The fourth-order valence-electron chi connectivity index (χ4n) is 15.1. The van der Waals surface area contributed by atoms with Gasteiger partial charge >= 0.3 is 0 Å². The largest absolute Gasteiger partial charge is 0.390 e. The van der Waals surface area contributed by atoms with Crippen molar-refractivity contribution >= 4 is 0 Å². The van der Waals surface area contributed by atoms with E-state index in [1.54, 1.807) is 6.92 Å². The van der Waals surface area contributed by atoms with Gasteiger partial charge in [0.25, 0.3) is 0 Å². The van der Waals surface area contributed by atoms with Crippen LogP contribution in [-0.4, -0.2) is 258 Å². The summed E-state index contributed by atoms with van der Waals surface area (Å²) in [6.45, 7) is 12.7. The summed E-state index contributed by atoms with van der Waals surface area (Å²) >= 11 is 0. The molecule has 0 aromatic heterocycles. The van der Waals surface area contributed by atoms with E-state index in [1.807, 2.05) is 0 Å². The highest BCUT2D eigenvalue weighted by Crippen LogP contribution is 2.54. The van der Waals surface area contributed by atoms with E-state index >= 15 is 0 Å². The van der Waals surface area contributed by atoms with E-state index in [-0.39, 0.29) is 37.8 Å². The molecule has 4 heterocycles. The fourth-order valence-corrected chi connectivity index (χ4v) is 15.1. The summed E-state index contributed by atoms with van der Waals surface area (Å²) in [6, 6.07) is 0. The lowest BCUT2D eigenvalue weighted by molar-refractivity contribution is -0.291. The minimum atomic E-state index is -2.06. The highest BCUT2D eigenvalue weighted by molar-refractivity contribution is 5.14. The Labute approximate surface area is 445 Å². The number of ether oxygens (including phenoxy) is 2. The summed E-state index contributed by atoms with van der Waals surface area (Å²) < 4.78 is 13.4. The molecule has 3 aliphatic carbocycles. The summed E-state index contributed by atoms with van der Waals surface area (Å²) in [6.07, 6.45) is -12.0. The molecular formula is C53H103N9O13. The number of unbranched alkanes of at least 4 members (excludes halogenated alkanes) is 4. The third-order valence-electron chi connectivity index (χ3n) is 19.1. The summed E-state index contributed by atoms with van der Waals surface area (Å²) in [5.74, 6) is -6.84. The number of aliphatic hydroxyl groups excluding tert-OH is 10. The molecule has 75 heavy (non-hydrogen) atoms. The molecule has 22 nitrogen and oxygen atoms in total. The Morgan fingerprint density at radius 1 is 0.520 bits per heavy atom. The van der Waals surface area contributed by atoms with E-state index in [9.17, 15) is 56.2 Å². The molecule has 3 saturated carbocycles. The van der Waals surface area contributed by atoms with E-state index < -0.39 is 138 Å². The lowest BCUT2D eigenvalue weighted by Crippen LogP contribution is -2.71. The average molecular weight is 1070 g/mol. The molecule has 0 aromatic rings. The van der Waals surface area contributed by atoms with Gasteiger partial charge in [0, 0.05) is 115 Å². The van der Waals surface area contributed by atoms with Gasteiger partial charge in [-0.15, -0.1) is 0 Å². The Hall–Kier alpha value is -0.880. The molecule has 4 bridgehead atoms. The number of hydrogen-bond donors (Lipinski definition) is 20. The van der Waals surface area contributed by atoms with Gasteiger partial charge in [0.15, 0.2) is 0 Å². The Kier molecular flexibility index (Phi) is 24.5. The van der Waals surface area contributed by atoms with Crippen LogP contribution in [0.1, 0.15) is 71.6 Å². The van der Waals surface area contributed by atoms with Gasteiger partial charge in [0.05, 0.1) is 72.7 Å². The van der Waals surface area contributed by atoms with Crippen LogP contribution in [0, 0.1) is 59.2 Å². The molecule has 25 atom stereocenters. The molecular weight excluding hydrogens is 971 g/mol. The molecule has 0 spiro atoms. The lowest BCUT2D eigenvalue weighted by atomic mass is 9.52. The second-order valence-corrected chi connectivity index (χ2v) is 23.9. The number of nitrogens with one attached hydrogen (secondary N) is 8. The quantitative estimate of drug-likeness (QED) is 0.0680. The van der Waals surface area contributed by atoms with Gasteiger partial charge in [0.1, 0.15) is 18.3 Å². The number of fused-ring (bicyclic) bond motifs is 8. The van der Waals surface area contributed by atoms with Crippen molar-refractivity contribution in [2.24, 2.45) is 64.9 Å². The molecule has 7 rings (SSSR count). The minimum absolute atomic E-state index is 0.0750. The van der Waals surface area contributed by atoms with Gasteiger partial charge in [-0.05, 0) is 80.8 Å². The van der Waals surface area contributed by atoms with Crippen molar-refractivity contribution in [2.75, 3.05) is 111 Å². The Morgan fingerprint density at radius 3 is 1.75 bits per heavy atom. The van der Waals surface area contributed by atoms with E-state index in [1.165, 1.54) is 0 Å². The SMILES string of the molecule is CCCCCCC[C@H]1C[C@H](CNCCNCCN)C([C@@]2(O)C[C@@H]3CNCCNCCNC[C@H]4C[C@H](C3[C@H](O)[C@H]2O)[C@H](O)[C@@H](O)C4[C@H]2O[C@@H]3CNCCNCCNC[C@H]4O[C@H](C3[C@H](O)[C@H]2O)[C@H](O)[C@@H](O)[C@@H]4C)[C@H](O)[C@H]1O. The van der Waals surface area contributed by atoms with Crippen LogP contribution in [0.3, 0.4) is 0 Å². The van der Waals surface area contributed by atoms with Crippen molar-refractivity contribution in [1.82, 2.24) is 42.5 Å². The van der Waals surface area contributed by atoms with Crippen LogP contribution < -0.4 is 48.3 Å². The van der Waals surface area contributed by atoms with E-state index in [0.717, 1.165) is 32.1 Å². The summed E-state index contributed by atoms with van der Waals surface area (Å²) in [4.78, 5) is 0. The van der Waals surface area contributed by atoms with Gasteiger partial charge in [0.2, 0.25) is 0 Å². The maximum Gasteiger partial charge on any atom is 0.109 e. The standard InChI is InChI=1S/C53H103N9O13/c1-3-4-5-6-7-8-30-21-32(25-59-16-11-55-10-9-54)40(47(69)42(30)64)53(73)23-33-26-60-18-13-56-12-17-58-24-31-22-34(37(33)46(68)52(53)72)43(65)44(66)38(31)50-49(71)45(67)39-36(75-50)28-62-20-15-57-14-19-61-27-35-29(2)41(63)48(70)51(39)74-35/h29-52,55-73H,3-28,54H2,1-2H3/t29-,30+,31-,32-,33-,34-,35-,36-,37?,38?,39?,40?,41+,42+,43+,44+,45+,46+,47+,48-,49-,50-,51-,52-,53+/m1/s1. The first-order valence-electron chi connectivity index (χ1n) is 29.4. The van der Waals surface area contributed by atoms with E-state index in [0.29, 0.717) is 111 Å². The highest BCUT2D eigenvalue weighted by atomic mass is 16.5. The van der Waals surface area contributed by atoms with Gasteiger partial charge in [-0.25, -0.2) is 0 Å². The number of nitrogens with two attached hydrogens (primary N) is 1. The average Bonchev–Trinajstić information content (AvgIpc) is 3.39. The number of rotatable bonds is 15. The summed E-state index contributed by atoms with van der Waals surface area (Å²) in [5.41, 5.74) is 3.63. The molecule has 4 saturated heterocycles. The minimum Gasteiger partial charge on any atom is -0.390 e. The third kappa shape index (κ3) is 14.6. The van der Waals surface area contributed by atoms with E-state index in [4.69, 9.17) is 15.2 Å². The van der Waals surface area contributed by atoms with Crippen LogP contribution in [-0.2, 0) is 9.47 Å². The van der Waals surface area contributed by atoms with Crippen molar-refractivity contribution in [3.8, 4) is 0 Å². The predicted octanol–water partition coefficient (Wildman–Crippen LogP) is -5.68. The van der Waals surface area contributed by atoms with Crippen molar-refractivity contribution < 1.29 is 65.6 Å². The normalized spacial score (nSPS) is 47.1. The lowest BCUT2D eigenvalue weighted by Gasteiger charge is -2.59. The second kappa shape index (κ2) is 29.7. The smallest absolute Gasteiger partial charge is 0.109 e. The predicted molar refractivity (Wildman–Crippen MR) is 282 cm³/mol. The van der Waals surface area contributed by atoms with Crippen molar-refractivity contribution in [3.63, 3.8) is 0 Å². The molecule has 0 amide bonds. The Bertz CT molecular complexity index is 1640. The monoisotopic (exact) mass is 1070 g/mol. The van der Waals surface area contributed by atoms with E-state index in [2.05, 4.69) is 49.5 Å². The van der Waals surface area contributed by atoms with Crippen LogP contribution in [0.15, 0.2) is 0 Å². The van der Waals surface area contributed by atoms with Crippen molar-refractivity contribution in [3.05, 3.63) is 0 Å². The Morgan fingerprint density at radius 2 is 1.08 bits per heavy atom.